The molecule has 0 radical (unpaired) electrons. The number of piperidine rings is 1. The van der Waals surface area contributed by atoms with E-state index < -0.39 is 26.3 Å². The van der Waals surface area contributed by atoms with E-state index in [2.05, 4.69) is 10.1 Å². The summed E-state index contributed by atoms with van der Waals surface area (Å²) >= 11 is 0. The van der Waals surface area contributed by atoms with Crippen LogP contribution in [0.5, 0.6) is 0 Å². The fourth-order valence-corrected chi connectivity index (χ4v) is 3.78. The lowest BCUT2D eigenvalue weighted by atomic mass is 10.1. The molecule has 3 rings (SSSR count). The Kier molecular flexibility index (Phi) is 7.16. The summed E-state index contributed by atoms with van der Waals surface area (Å²) in [6, 6.07) is 3.40. The van der Waals surface area contributed by atoms with Crippen molar-refractivity contribution in [2.75, 3.05) is 19.7 Å². The molecule has 176 valence electrons. The summed E-state index contributed by atoms with van der Waals surface area (Å²) in [5.41, 5.74) is -0.260. The highest BCUT2D eigenvalue weighted by molar-refractivity contribution is 7.89. The number of aromatic nitrogens is 2. The molecule has 0 atom stereocenters. The zero-order valence-corrected chi connectivity index (χ0v) is 19.0. The SMILES string of the molecule is CC(C)(C)OC(=O)N1CCC(OCCc2nc(-c3ccc(S(N)(=O)=O)c(F)c3)no2)CC1. The van der Waals surface area contributed by atoms with Crippen LogP contribution in [0.25, 0.3) is 11.4 Å². The molecule has 0 unspecified atom stereocenters. The number of amides is 1. The minimum absolute atomic E-state index is 0.0101. The molecular weight excluding hydrogens is 443 g/mol. The highest BCUT2D eigenvalue weighted by atomic mass is 32.2. The number of hydrogen-bond acceptors (Lipinski definition) is 8. The number of rotatable bonds is 6. The van der Waals surface area contributed by atoms with Crippen molar-refractivity contribution >= 4 is 16.1 Å². The number of primary sulfonamides is 1. The summed E-state index contributed by atoms with van der Waals surface area (Å²) in [5, 5.41) is 8.75. The van der Waals surface area contributed by atoms with Crippen LogP contribution in [0.3, 0.4) is 0 Å². The maximum atomic E-state index is 14.0. The van der Waals surface area contributed by atoms with Crippen molar-refractivity contribution < 1.29 is 31.6 Å². The topological polar surface area (TPSA) is 138 Å². The van der Waals surface area contributed by atoms with Gasteiger partial charge in [-0.3, -0.25) is 0 Å². The molecule has 32 heavy (non-hydrogen) atoms. The zero-order chi connectivity index (χ0) is 23.5. The minimum Gasteiger partial charge on any atom is -0.444 e. The summed E-state index contributed by atoms with van der Waals surface area (Å²) in [5.74, 6) is -0.551. The maximum absolute atomic E-state index is 14.0. The first-order chi connectivity index (χ1) is 14.9. The molecule has 0 bridgehead atoms. The van der Waals surface area contributed by atoms with Gasteiger partial charge in [-0.25, -0.2) is 22.7 Å². The molecule has 1 fully saturated rings. The monoisotopic (exact) mass is 470 g/mol. The average molecular weight is 471 g/mol. The number of carbonyl (C=O) groups is 1. The molecule has 1 saturated heterocycles. The number of carbonyl (C=O) groups excluding carboxylic acids is 1. The van der Waals surface area contributed by atoms with Crippen molar-refractivity contribution in [2.45, 2.75) is 56.6 Å². The third-order valence-electron chi connectivity index (χ3n) is 4.73. The quantitative estimate of drug-likeness (QED) is 0.680. The number of hydrogen-bond donors (Lipinski definition) is 1. The van der Waals surface area contributed by atoms with Crippen molar-refractivity contribution in [3.63, 3.8) is 0 Å². The van der Waals surface area contributed by atoms with Crippen molar-refractivity contribution in [1.82, 2.24) is 15.0 Å². The summed E-state index contributed by atoms with van der Waals surface area (Å²) in [4.78, 5) is 17.4. The molecule has 2 N–H and O–H groups in total. The number of benzene rings is 1. The Labute approximate surface area is 185 Å². The van der Waals surface area contributed by atoms with Crippen LogP contribution in [-0.4, -0.2) is 61.0 Å². The van der Waals surface area contributed by atoms with Crippen LogP contribution in [0.1, 0.15) is 39.5 Å². The first kappa shape index (κ1) is 24.1. The number of ether oxygens (including phenoxy) is 2. The Morgan fingerprint density at radius 3 is 2.59 bits per heavy atom. The lowest BCUT2D eigenvalue weighted by molar-refractivity contribution is -0.0114. The van der Waals surface area contributed by atoms with Gasteiger partial charge in [-0.05, 0) is 51.8 Å². The van der Waals surface area contributed by atoms with Crippen molar-refractivity contribution in [3.8, 4) is 11.4 Å². The van der Waals surface area contributed by atoms with E-state index in [0.29, 0.717) is 44.8 Å². The van der Waals surface area contributed by atoms with E-state index >= 15 is 0 Å². The fraction of sp³-hybridized carbons (Fsp3) is 0.550. The van der Waals surface area contributed by atoms with E-state index in [-0.39, 0.29) is 23.6 Å². The smallest absolute Gasteiger partial charge is 0.410 e. The van der Waals surface area contributed by atoms with Gasteiger partial charge in [0.1, 0.15) is 16.3 Å². The summed E-state index contributed by atoms with van der Waals surface area (Å²) in [7, 11) is -4.15. The largest absolute Gasteiger partial charge is 0.444 e. The lowest BCUT2D eigenvalue weighted by Crippen LogP contribution is -2.43. The zero-order valence-electron chi connectivity index (χ0n) is 18.2. The number of nitrogens with two attached hydrogens (primary N) is 1. The van der Waals surface area contributed by atoms with Crippen molar-refractivity contribution in [3.05, 3.63) is 29.9 Å². The molecule has 0 aliphatic carbocycles. The Hall–Kier alpha value is -2.57. The van der Waals surface area contributed by atoms with Crippen LogP contribution < -0.4 is 5.14 Å². The van der Waals surface area contributed by atoms with E-state index in [1.54, 1.807) is 4.90 Å². The average Bonchev–Trinajstić information content (AvgIpc) is 3.15. The third kappa shape index (κ3) is 6.47. The number of halogens is 1. The second-order valence-electron chi connectivity index (χ2n) is 8.49. The first-order valence-electron chi connectivity index (χ1n) is 10.2. The number of sulfonamides is 1. The molecule has 1 aromatic carbocycles. The van der Waals surface area contributed by atoms with Gasteiger partial charge in [0, 0.05) is 18.7 Å². The summed E-state index contributed by atoms with van der Waals surface area (Å²) < 4.78 is 53.0. The van der Waals surface area contributed by atoms with E-state index in [1.807, 2.05) is 20.8 Å². The molecule has 0 spiro atoms. The molecule has 1 aliphatic rings. The Bertz CT molecular complexity index is 1060. The Balaban J connectivity index is 1.47. The summed E-state index contributed by atoms with van der Waals surface area (Å²) in [6.07, 6.45) is 1.45. The van der Waals surface area contributed by atoms with E-state index in [9.17, 15) is 17.6 Å². The van der Waals surface area contributed by atoms with Gasteiger partial charge in [-0.1, -0.05) is 5.16 Å². The van der Waals surface area contributed by atoms with Gasteiger partial charge in [0.2, 0.25) is 21.7 Å². The number of nitrogens with zero attached hydrogens (tertiary/aromatic N) is 3. The highest BCUT2D eigenvalue weighted by Crippen LogP contribution is 2.22. The molecule has 12 heteroatoms. The Morgan fingerprint density at radius 2 is 2.00 bits per heavy atom. The standard InChI is InChI=1S/C20H27FN4O6S/c1-20(2,3)30-19(26)25-9-6-14(7-10-25)29-11-8-17-23-18(24-31-17)13-4-5-16(15(21)12-13)32(22,27)28/h4-5,12,14H,6-11H2,1-3H3,(H2,22,27,28). The molecule has 1 amide bonds. The van der Waals surface area contributed by atoms with Gasteiger partial charge in [-0.2, -0.15) is 4.98 Å². The van der Waals surface area contributed by atoms with Crippen molar-refractivity contribution in [1.29, 1.82) is 0 Å². The lowest BCUT2D eigenvalue weighted by Gasteiger charge is -2.33. The third-order valence-corrected chi connectivity index (χ3v) is 5.67. The van der Waals surface area contributed by atoms with Crippen LogP contribution in [0.15, 0.2) is 27.6 Å². The van der Waals surface area contributed by atoms with Gasteiger partial charge >= 0.3 is 6.09 Å². The van der Waals surface area contributed by atoms with Crippen LogP contribution >= 0.6 is 0 Å². The predicted molar refractivity (Wildman–Crippen MR) is 112 cm³/mol. The van der Waals surface area contributed by atoms with Crippen molar-refractivity contribution in [2.24, 2.45) is 5.14 Å². The molecule has 0 saturated carbocycles. The normalized spacial score (nSPS) is 15.7. The van der Waals surface area contributed by atoms with Crippen LogP contribution in [-0.2, 0) is 25.9 Å². The van der Waals surface area contributed by atoms with E-state index in [4.69, 9.17) is 19.1 Å². The Morgan fingerprint density at radius 1 is 1.31 bits per heavy atom. The minimum atomic E-state index is -4.15. The van der Waals surface area contributed by atoms with Gasteiger partial charge in [0.25, 0.3) is 0 Å². The molecule has 2 aromatic rings. The van der Waals surface area contributed by atoms with Gasteiger partial charge < -0.3 is 18.9 Å². The van der Waals surface area contributed by atoms with Crippen LogP contribution in [0, 0.1) is 5.82 Å². The molecule has 1 aromatic heterocycles. The molecule has 2 heterocycles. The van der Waals surface area contributed by atoms with Crippen LogP contribution in [0.2, 0.25) is 0 Å². The van der Waals surface area contributed by atoms with E-state index in [0.717, 1.165) is 12.1 Å². The molecule has 10 nitrogen and oxygen atoms in total. The van der Waals surface area contributed by atoms with Gasteiger partial charge in [0.15, 0.2) is 0 Å². The van der Waals surface area contributed by atoms with Gasteiger partial charge in [-0.15, -0.1) is 0 Å². The predicted octanol–water partition coefficient (Wildman–Crippen LogP) is 2.48. The number of likely N-dealkylation sites (tertiary alicyclic amines) is 1. The highest BCUT2D eigenvalue weighted by Gasteiger charge is 2.27. The summed E-state index contributed by atoms with van der Waals surface area (Å²) in [6.45, 7) is 6.96. The molecular formula is C20H27FN4O6S. The maximum Gasteiger partial charge on any atom is 0.410 e. The van der Waals surface area contributed by atoms with Crippen LogP contribution in [0.4, 0.5) is 9.18 Å². The molecule has 1 aliphatic heterocycles. The second kappa shape index (κ2) is 9.51. The first-order valence-corrected chi connectivity index (χ1v) is 11.7. The fourth-order valence-electron chi connectivity index (χ4n) is 3.19. The van der Waals surface area contributed by atoms with E-state index in [1.165, 1.54) is 6.07 Å². The van der Waals surface area contributed by atoms with Gasteiger partial charge in [0.05, 0.1) is 19.1 Å². The second-order valence-corrected chi connectivity index (χ2v) is 10.0.